The topological polar surface area (TPSA) is 40.6 Å². The van der Waals surface area contributed by atoms with Gasteiger partial charge in [0.2, 0.25) is 0 Å². The van der Waals surface area contributed by atoms with E-state index in [1.807, 2.05) is 0 Å². The van der Waals surface area contributed by atoms with Crippen molar-refractivity contribution in [2.45, 2.75) is 28.8 Å². The Kier molecular flexibility index (Phi) is 6.37. The molecule has 4 nitrogen and oxygen atoms in total. The SMILES string of the molecule is Cc1cc(F)c(N2CCN(S(=O)(=O)C(F)(F)F)CC2)cc1SC(F)(F)C(F)(F)F. The number of hydrogen-bond donors (Lipinski definition) is 0. The minimum Gasteiger partial charge on any atom is -0.366 e. The number of anilines is 1. The standard InChI is InChI=1S/C14H13F9N2O2S2/c1-8-6-9(15)10(7-11(8)28-13(19,20)12(16,17)18)24-2-4-25(5-3-24)29(26,27)14(21,22)23/h6-7H,2-5H2,1H3. The highest BCUT2D eigenvalue weighted by Crippen LogP contribution is 2.49. The minimum atomic E-state index is -5.85. The molecule has 1 aromatic carbocycles. The van der Waals surface area contributed by atoms with Gasteiger partial charge in [-0.05, 0) is 36.4 Å². The fraction of sp³-hybridized carbons (Fsp3) is 0.571. The monoisotopic (exact) mass is 476 g/mol. The lowest BCUT2D eigenvalue weighted by molar-refractivity contribution is -0.237. The van der Waals surface area contributed by atoms with Crippen LogP contribution in [0.3, 0.4) is 0 Å². The van der Waals surface area contributed by atoms with Gasteiger partial charge in [-0.1, -0.05) is 0 Å². The van der Waals surface area contributed by atoms with E-state index in [1.54, 1.807) is 0 Å². The molecule has 0 spiro atoms. The molecule has 1 aliphatic heterocycles. The van der Waals surface area contributed by atoms with E-state index in [0.29, 0.717) is 0 Å². The lowest BCUT2D eigenvalue weighted by Crippen LogP contribution is -2.52. The zero-order chi connectivity index (χ0) is 22.4. The molecule has 0 atom stereocenters. The third-order valence-electron chi connectivity index (χ3n) is 4.02. The summed E-state index contributed by atoms with van der Waals surface area (Å²) in [6.07, 6.45) is -5.85. The van der Waals surface area contributed by atoms with Gasteiger partial charge >= 0.3 is 27.0 Å². The Morgan fingerprint density at radius 1 is 0.931 bits per heavy atom. The van der Waals surface area contributed by atoms with E-state index in [1.165, 1.54) is 0 Å². The Morgan fingerprint density at radius 2 is 1.45 bits per heavy atom. The quantitative estimate of drug-likeness (QED) is 0.479. The zero-order valence-corrected chi connectivity index (χ0v) is 16.0. The highest BCUT2D eigenvalue weighted by atomic mass is 32.2. The van der Waals surface area contributed by atoms with E-state index in [9.17, 15) is 47.9 Å². The molecule has 0 radical (unpaired) electrons. The minimum absolute atomic E-state index is 0.142. The number of benzene rings is 1. The zero-order valence-electron chi connectivity index (χ0n) is 14.4. The number of thioether (sulfide) groups is 1. The first-order valence-electron chi connectivity index (χ1n) is 7.72. The highest BCUT2D eigenvalue weighted by molar-refractivity contribution is 8.00. The molecule has 1 saturated heterocycles. The smallest absolute Gasteiger partial charge is 0.366 e. The van der Waals surface area contributed by atoms with E-state index in [2.05, 4.69) is 0 Å². The fourth-order valence-corrected chi connectivity index (χ4v) is 4.23. The van der Waals surface area contributed by atoms with Gasteiger partial charge in [0, 0.05) is 31.1 Å². The Balaban J connectivity index is 2.25. The van der Waals surface area contributed by atoms with Crippen LogP contribution in [-0.4, -0.2) is 55.8 Å². The van der Waals surface area contributed by atoms with Crippen molar-refractivity contribution in [3.63, 3.8) is 0 Å². The number of sulfonamides is 1. The van der Waals surface area contributed by atoms with Crippen LogP contribution in [0.4, 0.5) is 45.2 Å². The summed E-state index contributed by atoms with van der Waals surface area (Å²) < 4.78 is 139. The summed E-state index contributed by atoms with van der Waals surface area (Å²) in [4.78, 5) is 0.501. The Morgan fingerprint density at radius 3 is 1.90 bits per heavy atom. The van der Waals surface area contributed by atoms with Gasteiger partial charge in [0.05, 0.1) is 5.69 Å². The van der Waals surface area contributed by atoms with Gasteiger partial charge in [0.1, 0.15) is 5.82 Å². The molecule has 0 bridgehead atoms. The maximum absolute atomic E-state index is 14.2. The van der Waals surface area contributed by atoms with Crippen LogP contribution in [-0.2, 0) is 10.0 Å². The highest BCUT2D eigenvalue weighted by Gasteiger charge is 2.58. The van der Waals surface area contributed by atoms with E-state index in [-0.39, 0.29) is 9.87 Å². The van der Waals surface area contributed by atoms with Gasteiger partial charge in [-0.2, -0.15) is 39.4 Å². The molecule has 29 heavy (non-hydrogen) atoms. The molecule has 0 amide bonds. The van der Waals surface area contributed by atoms with Crippen molar-refractivity contribution in [1.29, 1.82) is 0 Å². The molecule has 1 fully saturated rings. The molecule has 0 aromatic heterocycles. The number of halogens is 9. The Labute approximate surface area is 163 Å². The van der Waals surface area contributed by atoms with Gasteiger partial charge in [0.15, 0.2) is 0 Å². The van der Waals surface area contributed by atoms with Crippen molar-refractivity contribution in [3.05, 3.63) is 23.5 Å². The molecule has 0 aliphatic carbocycles. The summed E-state index contributed by atoms with van der Waals surface area (Å²) in [5.41, 5.74) is -6.13. The summed E-state index contributed by atoms with van der Waals surface area (Å²) in [6, 6.07) is 1.46. The Bertz CT molecular complexity index is 861. The first-order valence-corrected chi connectivity index (χ1v) is 9.98. The van der Waals surface area contributed by atoms with Crippen molar-refractivity contribution < 1.29 is 47.9 Å². The maximum Gasteiger partial charge on any atom is 0.511 e. The van der Waals surface area contributed by atoms with Gasteiger partial charge in [-0.25, -0.2) is 12.8 Å². The molecule has 1 heterocycles. The predicted octanol–water partition coefficient (Wildman–Crippen LogP) is 4.35. The lowest BCUT2D eigenvalue weighted by Gasteiger charge is -2.36. The lowest BCUT2D eigenvalue weighted by atomic mass is 10.2. The first kappa shape index (κ1) is 23.9. The van der Waals surface area contributed by atoms with Crippen LogP contribution in [0, 0.1) is 12.7 Å². The van der Waals surface area contributed by atoms with Crippen molar-refractivity contribution >= 4 is 27.5 Å². The number of piperazine rings is 1. The number of hydrogen-bond acceptors (Lipinski definition) is 4. The van der Waals surface area contributed by atoms with Crippen molar-refractivity contribution in [1.82, 2.24) is 4.31 Å². The second-order valence-electron chi connectivity index (χ2n) is 6.02. The van der Waals surface area contributed by atoms with Crippen LogP contribution < -0.4 is 4.90 Å². The third-order valence-corrected chi connectivity index (χ3v) is 6.80. The molecular formula is C14H13F9N2O2S2. The number of aryl methyl sites for hydroxylation is 1. The molecule has 1 aromatic rings. The van der Waals surface area contributed by atoms with Crippen LogP contribution in [0.2, 0.25) is 0 Å². The first-order chi connectivity index (χ1) is 13.0. The summed E-state index contributed by atoms with van der Waals surface area (Å²) >= 11 is -0.832. The largest absolute Gasteiger partial charge is 0.511 e. The molecular weight excluding hydrogens is 463 g/mol. The molecule has 2 rings (SSSR count). The van der Waals surface area contributed by atoms with Crippen molar-refractivity contribution in [2.75, 3.05) is 31.1 Å². The molecule has 15 heteroatoms. The average molecular weight is 476 g/mol. The van der Waals surface area contributed by atoms with E-state index >= 15 is 0 Å². The molecule has 0 unspecified atom stereocenters. The van der Waals surface area contributed by atoms with E-state index in [4.69, 9.17) is 0 Å². The van der Waals surface area contributed by atoms with E-state index in [0.717, 1.165) is 24.0 Å². The molecule has 1 aliphatic rings. The molecule has 0 saturated carbocycles. The summed E-state index contributed by atoms with van der Waals surface area (Å²) in [5, 5.41) is -5.15. The van der Waals surface area contributed by atoms with Crippen molar-refractivity contribution in [2.24, 2.45) is 0 Å². The van der Waals surface area contributed by atoms with Crippen LogP contribution in [0.15, 0.2) is 17.0 Å². The number of alkyl halides is 8. The van der Waals surface area contributed by atoms with Gasteiger partial charge in [-0.15, -0.1) is 0 Å². The van der Waals surface area contributed by atoms with Crippen LogP contribution in [0.5, 0.6) is 0 Å². The summed E-state index contributed by atoms with van der Waals surface area (Å²) in [6.45, 7) is -1.06. The maximum atomic E-state index is 14.2. The fourth-order valence-electron chi connectivity index (χ4n) is 2.51. The average Bonchev–Trinajstić information content (AvgIpc) is 2.55. The van der Waals surface area contributed by atoms with Crippen LogP contribution in [0.1, 0.15) is 5.56 Å². The normalized spacial score (nSPS) is 17.7. The van der Waals surface area contributed by atoms with Gasteiger partial charge in [0.25, 0.3) is 0 Å². The van der Waals surface area contributed by atoms with Crippen LogP contribution >= 0.6 is 11.8 Å². The van der Waals surface area contributed by atoms with Crippen molar-refractivity contribution in [3.8, 4) is 0 Å². The van der Waals surface area contributed by atoms with Crippen LogP contribution in [0.25, 0.3) is 0 Å². The van der Waals surface area contributed by atoms with Gasteiger partial charge < -0.3 is 4.90 Å². The summed E-state index contributed by atoms with van der Waals surface area (Å²) in [5.74, 6) is -0.991. The van der Waals surface area contributed by atoms with Gasteiger partial charge in [-0.3, -0.25) is 0 Å². The molecule has 166 valence electrons. The third kappa shape index (κ3) is 4.87. The summed E-state index contributed by atoms with van der Waals surface area (Å²) in [7, 11) is -5.59. The second kappa shape index (κ2) is 7.72. The molecule has 0 N–H and O–H groups in total. The number of nitrogens with zero attached hydrogens (tertiary/aromatic N) is 2. The Hall–Kier alpha value is -1.35. The second-order valence-corrected chi connectivity index (χ2v) is 9.11. The predicted molar refractivity (Wildman–Crippen MR) is 86.8 cm³/mol. The van der Waals surface area contributed by atoms with E-state index < -0.39 is 81.3 Å². The number of rotatable bonds is 4.